The van der Waals surface area contributed by atoms with Crippen LogP contribution < -0.4 is 15.3 Å². The number of hydrogen-bond acceptors (Lipinski definition) is 7. The Labute approximate surface area is 276 Å². The number of aryl methyl sites for hydroxylation is 1. The van der Waals surface area contributed by atoms with Gasteiger partial charge in [0, 0.05) is 42.5 Å². The molecule has 0 bridgehead atoms. The van der Waals surface area contributed by atoms with Crippen molar-refractivity contribution in [1.29, 1.82) is 0 Å². The number of allylic oxidation sites excluding steroid dienone is 1. The van der Waals surface area contributed by atoms with Gasteiger partial charge in [0.1, 0.15) is 22.1 Å². The normalized spacial score (nSPS) is 14.4. The summed E-state index contributed by atoms with van der Waals surface area (Å²) in [4.78, 5) is 36.3. The Kier molecular flexibility index (Phi) is 9.66. The molecule has 0 spiro atoms. The third kappa shape index (κ3) is 6.93. The summed E-state index contributed by atoms with van der Waals surface area (Å²) in [5, 5.41) is 7.45. The number of rotatable bonds is 8. The fourth-order valence-electron chi connectivity index (χ4n) is 5.64. The lowest BCUT2D eigenvalue weighted by molar-refractivity contribution is -0.144. The van der Waals surface area contributed by atoms with E-state index in [-0.39, 0.29) is 17.2 Å². The molecule has 3 aromatic rings. The number of carbonyl (C=O) groups is 2. The van der Waals surface area contributed by atoms with Gasteiger partial charge in [0.15, 0.2) is 5.69 Å². The Morgan fingerprint density at radius 3 is 2.39 bits per heavy atom. The molecule has 1 aromatic carbocycles. The monoisotopic (exact) mass is 641 g/mol. The maximum Gasteiger partial charge on any atom is 0.517 e. The highest BCUT2D eigenvalue weighted by atomic mass is 32.1. The number of likely N-dealkylation sites (N-methyl/N-ethyl adjacent to an activating group) is 1. The van der Waals surface area contributed by atoms with E-state index in [9.17, 15) is 9.59 Å². The standard InChI is InChI=1S/C36H44N6O3S/c1-21(2)45-31(37-11)28-16-14-25(20-38-28)27-19-26(15-13-22(27)3)39-24(5)40-32-29(23(4)30(46-32)35(6,7)8)33(43)42-18-17-41(12)34(44)36(42,9)10/h13-16,19-20,39H,1,5,11,17-18H2,2-4,6-10,12H3/p+1. The predicted molar refractivity (Wildman–Crippen MR) is 191 cm³/mol. The van der Waals surface area contributed by atoms with Crippen molar-refractivity contribution in [2.45, 2.75) is 66.3 Å². The minimum atomic E-state index is -0.961. The molecule has 9 nitrogen and oxygen atoms in total. The van der Waals surface area contributed by atoms with Gasteiger partial charge >= 0.3 is 5.90 Å². The minimum absolute atomic E-state index is 0.0761. The summed E-state index contributed by atoms with van der Waals surface area (Å²) >= 11 is 1.54. The topological polar surface area (TPSA) is 101 Å². The van der Waals surface area contributed by atoms with E-state index in [2.05, 4.69) is 60.9 Å². The van der Waals surface area contributed by atoms with Crippen LogP contribution >= 0.6 is 11.3 Å². The number of nitrogens with one attached hydrogen (secondary N) is 2. The average Bonchev–Trinajstić information content (AvgIpc) is 3.31. The molecular weight excluding hydrogens is 597 g/mol. The molecule has 1 fully saturated rings. The van der Waals surface area contributed by atoms with Crippen LogP contribution in [0, 0.1) is 13.8 Å². The van der Waals surface area contributed by atoms with Crippen molar-refractivity contribution < 1.29 is 14.3 Å². The Bertz CT molecular complexity index is 1760. The van der Waals surface area contributed by atoms with E-state index in [0.717, 1.165) is 32.8 Å². The quantitative estimate of drug-likeness (QED) is 0.126. The van der Waals surface area contributed by atoms with Crippen molar-refractivity contribution >= 4 is 46.5 Å². The first-order chi connectivity index (χ1) is 21.4. The molecule has 4 rings (SSSR count). The summed E-state index contributed by atoms with van der Waals surface area (Å²) < 4.78 is 9.47. The van der Waals surface area contributed by atoms with Crippen LogP contribution in [0.3, 0.4) is 0 Å². The number of anilines is 2. The first-order valence-corrected chi connectivity index (χ1v) is 16.0. The average molecular weight is 642 g/mol. The summed E-state index contributed by atoms with van der Waals surface area (Å²) in [6.45, 7) is 28.3. The highest BCUT2D eigenvalue weighted by Gasteiger charge is 2.44. The molecule has 0 aliphatic carbocycles. The van der Waals surface area contributed by atoms with Gasteiger partial charge in [0.2, 0.25) is 5.91 Å². The number of ether oxygens (including phenoxy) is 1. The first-order valence-electron chi connectivity index (χ1n) is 15.1. The van der Waals surface area contributed by atoms with Crippen molar-refractivity contribution in [2.24, 2.45) is 0 Å². The molecule has 0 saturated carbocycles. The number of hydrogen-bond donors (Lipinski definition) is 2. The zero-order valence-corrected chi connectivity index (χ0v) is 29.2. The molecular formula is C36H45N6O3S+. The summed E-state index contributed by atoms with van der Waals surface area (Å²) in [6.07, 6.45) is 1.77. The molecule has 10 heteroatoms. The Hall–Kier alpha value is -4.66. The molecule has 1 aliphatic heterocycles. The molecule has 2 N–H and O–H groups in total. The van der Waals surface area contributed by atoms with Gasteiger partial charge in [0.05, 0.1) is 5.56 Å². The van der Waals surface area contributed by atoms with Gasteiger partial charge in [-0.3, -0.25) is 9.59 Å². The SMILES string of the molecule is C=[N+]=C(OC(=C)C)c1ccc(-c2cc(NC(=C)Nc3sc(C(C)(C)C)c(C)c3C(=O)N3CCN(C)C(=O)C3(C)C)ccc2C)cn1. The van der Waals surface area contributed by atoms with E-state index in [0.29, 0.717) is 46.8 Å². The van der Waals surface area contributed by atoms with Gasteiger partial charge in [-0.05, 0) is 74.9 Å². The van der Waals surface area contributed by atoms with Crippen LogP contribution in [0.4, 0.5) is 10.7 Å². The van der Waals surface area contributed by atoms with Crippen molar-refractivity contribution in [1.82, 2.24) is 19.5 Å². The lowest BCUT2D eigenvalue weighted by Gasteiger charge is -2.44. The van der Waals surface area contributed by atoms with Crippen LogP contribution in [0.5, 0.6) is 0 Å². The third-order valence-corrected chi connectivity index (χ3v) is 9.63. The lowest BCUT2D eigenvalue weighted by Crippen LogP contribution is -2.63. The van der Waals surface area contributed by atoms with Gasteiger partial charge in [-0.2, -0.15) is 0 Å². The minimum Gasteiger partial charge on any atom is -0.397 e. The molecule has 3 heterocycles. The summed E-state index contributed by atoms with van der Waals surface area (Å²) in [7, 11) is 1.78. The second-order valence-electron chi connectivity index (χ2n) is 13.2. The molecule has 1 aliphatic rings. The van der Waals surface area contributed by atoms with Gasteiger partial charge in [-0.25, -0.2) is 4.98 Å². The van der Waals surface area contributed by atoms with E-state index >= 15 is 0 Å². The number of piperazine rings is 1. The van der Waals surface area contributed by atoms with Crippen molar-refractivity contribution in [2.75, 3.05) is 30.8 Å². The zero-order valence-electron chi connectivity index (χ0n) is 28.4. The molecule has 1 saturated heterocycles. The Morgan fingerprint density at radius 2 is 1.80 bits per heavy atom. The summed E-state index contributed by atoms with van der Waals surface area (Å²) in [6, 6.07) is 9.83. The summed E-state index contributed by atoms with van der Waals surface area (Å²) in [5.41, 5.74) is 4.69. The number of amides is 2. The van der Waals surface area contributed by atoms with Crippen LogP contribution in [0.25, 0.3) is 11.1 Å². The Balaban J connectivity index is 1.61. The molecule has 0 atom stereocenters. The molecule has 0 unspecified atom stereocenters. The third-order valence-electron chi connectivity index (χ3n) is 8.00. The fraction of sp³-hybridized carbons (Fsp3) is 0.361. The lowest BCUT2D eigenvalue weighted by atomic mass is 9.90. The van der Waals surface area contributed by atoms with Gasteiger partial charge < -0.3 is 25.2 Å². The number of carbonyl (C=O) groups excluding carboxylic acids is 2. The largest absolute Gasteiger partial charge is 0.517 e. The van der Waals surface area contributed by atoms with E-state index in [4.69, 9.17) is 4.74 Å². The predicted octanol–water partition coefficient (Wildman–Crippen LogP) is 6.48. The van der Waals surface area contributed by atoms with Crippen molar-refractivity contribution in [3.8, 4) is 11.1 Å². The van der Waals surface area contributed by atoms with Crippen LogP contribution in [0.1, 0.15) is 73.6 Å². The molecule has 2 amide bonds. The van der Waals surface area contributed by atoms with E-state index in [1.807, 2.05) is 58.0 Å². The zero-order chi connectivity index (χ0) is 34.1. The molecule has 2 aromatic heterocycles. The van der Waals surface area contributed by atoms with Crippen molar-refractivity contribution in [3.05, 3.63) is 88.5 Å². The number of pyridine rings is 1. The van der Waals surface area contributed by atoms with Crippen molar-refractivity contribution in [3.63, 3.8) is 0 Å². The van der Waals surface area contributed by atoms with Gasteiger partial charge in [0.25, 0.3) is 12.6 Å². The fourth-order valence-corrected chi connectivity index (χ4v) is 6.92. The second-order valence-corrected chi connectivity index (χ2v) is 14.2. The van der Waals surface area contributed by atoms with Crippen LogP contribution in [0.2, 0.25) is 0 Å². The number of nitrogens with zero attached hydrogens (tertiary/aromatic N) is 4. The van der Waals surface area contributed by atoms with Crippen LogP contribution in [-0.4, -0.2) is 64.9 Å². The molecule has 242 valence electrons. The maximum absolute atomic E-state index is 14.2. The van der Waals surface area contributed by atoms with E-state index < -0.39 is 5.54 Å². The highest BCUT2D eigenvalue weighted by molar-refractivity contribution is 7.17. The van der Waals surface area contributed by atoms with Gasteiger partial charge in [-0.15, -0.1) is 11.3 Å². The molecule has 46 heavy (non-hydrogen) atoms. The number of thiophene rings is 1. The van der Waals surface area contributed by atoms with Gasteiger partial charge in [-0.1, -0.05) is 50.7 Å². The van der Waals surface area contributed by atoms with Crippen LogP contribution in [0.15, 0.2) is 61.3 Å². The van der Waals surface area contributed by atoms with E-state index in [1.54, 1.807) is 41.3 Å². The van der Waals surface area contributed by atoms with E-state index in [1.165, 1.54) is 0 Å². The number of aromatic nitrogens is 1. The maximum atomic E-state index is 14.2. The summed E-state index contributed by atoms with van der Waals surface area (Å²) in [5.74, 6) is 1.07. The highest BCUT2D eigenvalue weighted by Crippen LogP contribution is 2.42. The second kappa shape index (κ2) is 13.0. The smallest absolute Gasteiger partial charge is 0.397 e. The number of benzene rings is 1. The Morgan fingerprint density at radius 1 is 1.11 bits per heavy atom. The van der Waals surface area contributed by atoms with Crippen LogP contribution in [-0.2, 0) is 14.9 Å². The first kappa shape index (κ1) is 34.2. The molecule has 0 radical (unpaired) electrons.